The average Bonchev–Trinajstić information content (AvgIpc) is 2.84. The monoisotopic (exact) mass is 247 g/mol. The molecule has 0 unspecified atom stereocenters. The van der Waals surface area contributed by atoms with Gasteiger partial charge in [0.05, 0.1) is 6.54 Å². The van der Waals surface area contributed by atoms with Crippen LogP contribution >= 0.6 is 0 Å². The number of carbonyl (C=O) groups is 1. The van der Waals surface area contributed by atoms with Crippen molar-refractivity contribution >= 4 is 11.7 Å². The van der Waals surface area contributed by atoms with Crippen molar-refractivity contribution in [2.45, 2.75) is 20.0 Å². The van der Waals surface area contributed by atoms with E-state index in [-0.39, 0.29) is 17.4 Å². The topological polar surface area (TPSA) is 112 Å². The molecule has 0 aliphatic rings. The quantitative estimate of drug-likeness (QED) is 0.760. The third kappa shape index (κ3) is 2.59. The highest BCUT2D eigenvalue weighted by molar-refractivity contribution is 5.92. The zero-order chi connectivity index (χ0) is 13.0. The van der Waals surface area contributed by atoms with Crippen LogP contribution in [0.25, 0.3) is 0 Å². The van der Waals surface area contributed by atoms with Crippen molar-refractivity contribution < 1.29 is 4.79 Å². The molecule has 0 aliphatic heterocycles. The molecule has 0 aromatic carbocycles. The largest absolute Gasteiger partial charge is 0.382 e. The molecule has 0 aliphatic carbocycles. The van der Waals surface area contributed by atoms with Gasteiger partial charge in [0.25, 0.3) is 5.91 Å². The maximum Gasteiger partial charge on any atom is 0.272 e. The van der Waals surface area contributed by atoms with E-state index in [2.05, 4.69) is 25.7 Å². The van der Waals surface area contributed by atoms with E-state index in [1.54, 1.807) is 6.33 Å². The van der Waals surface area contributed by atoms with E-state index in [0.717, 1.165) is 6.54 Å². The van der Waals surface area contributed by atoms with Gasteiger partial charge in [0, 0.05) is 6.54 Å². The Morgan fingerprint density at radius 3 is 2.89 bits per heavy atom. The van der Waals surface area contributed by atoms with E-state index in [9.17, 15) is 4.79 Å². The minimum atomic E-state index is -0.326. The average molecular weight is 247 g/mol. The van der Waals surface area contributed by atoms with Crippen molar-refractivity contribution in [2.24, 2.45) is 0 Å². The van der Waals surface area contributed by atoms with Gasteiger partial charge < -0.3 is 15.6 Å². The molecule has 0 atom stereocenters. The summed E-state index contributed by atoms with van der Waals surface area (Å²) in [5, 5.41) is 17.7. The summed E-state index contributed by atoms with van der Waals surface area (Å²) in [6.07, 6.45) is 1.62. The highest BCUT2D eigenvalue weighted by atomic mass is 16.1. The van der Waals surface area contributed by atoms with Crippen LogP contribution < -0.4 is 11.1 Å². The normalized spacial score (nSPS) is 10.3. The summed E-state index contributed by atoms with van der Waals surface area (Å²) >= 11 is 0. The summed E-state index contributed by atoms with van der Waals surface area (Å²) in [5.41, 5.74) is 5.60. The smallest absolute Gasteiger partial charge is 0.272 e. The van der Waals surface area contributed by atoms with E-state index < -0.39 is 0 Å². The number of hydrogen-bond acceptors (Lipinski definition) is 6. The minimum Gasteiger partial charge on any atom is -0.382 e. The van der Waals surface area contributed by atoms with Crippen molar-refractivity contribution in [3.8, 4) is 0 Å². The molecule has 3 N–H and O–H groups in total. The number of nitrogen functional groups attached to an aromatic ring is 1. The van der Waals surface area contributed by atoms with Gasteiger partial charge in [0.15, 0.2) is 11.5 Å². The zero-order valence-corrected chi connectivity index (χ0v) is 9.87. The Morgan fingerprint density at radius 2 is 2.22 bits per heavy atom. The van der Waals surface area contributed by atoms with E-state index in [1.807, 2.05) is 11.5 Å². The zero-order valence-electron chi connectivity index (χ0n) is 9.87. The lowest BCUT2D eigenvalue weighted by Gasteiger charge is -2.05. The van der Waals surface area contributed by atoms with Gasteiger partial charge in [0.1, 0.15) is 12.1 Å². The number of carbonyl (C=O) groups excluding carboxylic acids is 1. The lowest BCUT2D eigenvalue weighted by molar-refractivity contribution is 0.0943. The molecule has 0 radical (unpaired) electrons. The Bertz CT molecular complexity index is 533. The number of hydrogen-bond donors (Lipinski definition) is 2. The van der Waals surface area contributed by atoms with Gasteiger partial charge in [-0.25, -0.2) is 0 Å². The Kier molecular flexibility index (Phi) is 3.46. The van der Waals surface area contributed by atoms with Crippen LogP contribution in [0.3, 0.4) is 0 Å². The number of nitrogens with two attached hydrogens (primary N) is 1. The molecule has 2 aromatic rings. The van der Waals surface area contributed by atoms with Crippen molar-refractivity contribution in [3.05, 3.63) is 30.0 Å². The molecule has 0 saturated heterocycles. The summed E-state index contributed by atoms with van der Waals surface area (Å²) < 4.78 is 1.84. The Labute approximate surface area is 103 Å². The van der Waals surface area contributed by atoms with E-state index in [0.29, 0.717) is 12.4 Å². The number of anilines is 1. The van der Waals surface area contributed by atoms with Gasteiger partial charge >= 0.3 is 0 Å². The lowest BCUT2D eigenvalue weighted by atomic mass is 10.3. The molecule has 2 aromatic heterocycles. The van der Waals surface area contributed by atoms with Gasteiger partial charge in [0.2, 0.25) is 0 Å². The van der Waals surface area contributed by atoms with E-state index in [1.165, 1.54) is 12.1 Å². The second-order valence-electron chi connectivity index (χ2n) is 3.56. The molecule has 1 amide bonds. The highest BCUT2D eigenvalue weighted by Gasteiger charge is 2.09. The van der Waals surface area contributed by atoms with Crippen LogP contribution in [0.4, 0.5) is 5.82 Å². The third-order valence-electron chi connectivity index (χ3n) is 2.36. The number of nitrogens with one attached hydrogen (secondary N) is 1. The summed E-state index contributed by atoms with van der Waals surface area (Å²) in [7, 11) is 0. The molecule has 0 fully saturated rings. The number of aromatic nitrogens is 5. The van der Waals surface area contributed by atoms with Gasteiger partial charge in [-0.2, -0.15) is 0 Å². The van der Waals surface area contributed by atoms with Gasteiger partial charge in [-0.1, -0.05) is 0 Å². The van der Waals surface area contributed by atoms with Crippen LogP contribution in [0, 0.1) is 0 Å². The molecule has 8 heteroatoms. The predicted octanol–water partition coefficient (Wildman–Crippen LogP) is -0.400. The van der Waals surface area contributed by atoms with Crippen LogP contribution in [0.5, 0.6) is 0 Å². The van der Waals surface area contributed by atoms with Crippen molar-refractivity contribution in [1.82, 2.24) is 30.3 Å². The standard InChI is InChI=1S/C10H13N7O/c1-2-17-6-13-16-9(17)5-12-10(18)7-3-4-8(11)15-14-7/h3-4,6H,2,5H2,1H3,(H2,11,15)(H,12,18). The Hall–Kier alpha value is -2.51. The number of nitrogens with zero attached hydrogens (tertiary/aromatic N) is 5. The third-order valence-corrected chi connectivity index (χ3v) is 2.36. The first-order valence-corrected chi connectivity index (χ1v) is 5.44. The van der Waals surface area contributed by atoms with Gasteiger partial charge in [-0.15, -0.1) is 20.4 Å². The van der Waals surface area contributed by atoms with Crippen LogP contribution in [-0.2, 0) is 13.1 Å². The van der Waals surface area contributed by atoms with Gasteiger partial charge in [-0.05, 0) is 19.1 Å². The van der Waals surface area contributed by atoms with E-state index in [4.69, 9.17) is 5.73 Å². The minimum absolute atomic E-state index is 0.215. The Balaban J connectivity index is 1.98. The summed E-state index contributed by atoms with van der Waals surface area (Å²) in [4.78, 5) is 11.7. The number of rotatable bonds is 4. The maximum atomic E-state index is 11.7. The molecule has 94 valence electrons. The number of amides is 1. The molecule has 18 heavy (non-hydrogen) atoms. The maximum absolute atomic E-state index is 11.7. The fraction of sp³-hybridized carbons (Fsp3) is 0.300. The predicted molar refractivity (Wildman–Crippen MR) is 63.3 cm³/mol. The summed E-state index contributed by atoms with van der Waals surface area (Å²) in [6.45, 7) is 3.01. The molecular weight excluding hydrogens is 234 g/mol. The Morgan fingerprint density at radius 1 is 1.39 bits per heavy atom. The van der Waals surface area contributed by atoms with Crippen LogP contribution in [0.1, 0.15) is 23.2 Å². The van der Waals surface area contributed by atoms with Crippen LogP contribution in [-0.4, -0.2) is 30.9 Å². The highest BCUT2D eigenvalue weighted by Crippen LogP contribution is 1.99. The SMILES string of the molecule is CCn1cnnc1CNC(=O)c1ccc(N)nn1. The second-order valence-corrected chi connectivity index (χ2v) is 3.56. The molecule has 2 heterocycles. The van der Waals surface area contributed by atoms with Gasteiger partial charge in [-0.3, -0.25) is 4.79 Å². The second kappa shape index (κ2) is 5.21. The first kappa shape index (κ1) is 12.0. The fourth-order valence-electron chi connectivity index (χ4n) is 1.39. The van der Waals surface area contributed by atoms with Crippen LogP contribution in [0.15, 0.2) is 18.5 Å². The first-order valence-electron chi connectivity index (χ1n) is 5.44. The van der Waals surface area contributed by atoms with Crippen molar-refractivity contribution in [2.75, 3.05) is 5.73 Å². The molecule has 0 spiro atoms. The number of aryl methyl sites for hydroxylation is 1. The van der Waals surface area contributed by atoms with E-state index >= 15 is 0 Å². The molecule has 0 bridgehead atoms. The first-order chi connectivity index (χ1) is 8.70. The molecule has 2 rings (SSSR count). The summed E-state index contributed by atoms with van der Waals surface area (Å²) in [5.74, 6) is 0.639. The molecular formula is C10H13N7O. The molecule has 0 saturated carbocycles. The van der Waals surface area contributed by atoms with Crippen molar-refractivity contribution in [3.63, 3.8) is 0 Å². The fourth-order valence-corrected chi connectivity index (χ4v) is 1.39. The van der Waals surface area contributed by atoms with Crippen LogP contribution in [0.2, 0.25) is 0 Å². The lowest BCUT2D eigenvalue weighted by Crippen LogP contribution is -2.25. The van der Waals surface area contributed by atoms with Crippen molar-refractivity contribution in [1.29, 1.82) is 0 Å². The summed E-state index contributed by atoms with van der Waals surface area (Å²) in [6, 6.07) is 3.04. The molecule has 8 nitrogen and oxygen atoms in total.